The summed E-state index contributed by atoms with van der Waals surface area (Å²) in [4.78, 5) is 0. The van der Waals surface area contributed by atoms with E-state index in [4.69, 9.17) is 9.05 Å². The third-order valence-electron chi connectivity index (χ3n) is 5.69. The Morgan fingerprint density at radius 2 is 1.50 bits per heavy atom. The normalized spacial score (nSPS) is 25.6. The lowest BCUT2D eigenvalue weighted by Gasteiger charge is -2.35. The molecule has 3 atom stereocenters. The predicted molar refractivity (Wildman–Crippen MR) is 116 cm³/mol. The van der Waals surface area contributed by atoms with Gasteiger partial charge in [0.2, 0.25) is 0 Å². The zero-order valence-electron chi connectivity index (χ0n) is 18.6. The summed E-state index contributed by atoms with van der Waals surface area (Å²) in [5.74, 6) is -0.146. The monoisotopic (exact) mass is 491 g/mol. The Balaban J connectivity index is 2.94. The van der Waals surface area contributed by atoms with Crippen LogP contribution in [0.1, 0.15) is 40.0 Å². The van der Waals surface area contributed by atoms with Crippen LogP contribution in [0.15, 0.2) is 0 Å². The first-order valence-corrected chi connectivity index (χ1v) is 16.0. The van der Waals surface area contributed by atoms with E-state index in [0.717, 1.165) is 13.0 Å². The van der Waals surface area contributed by atoms with Gasteiger partial charge in [-0.15, -0.1) is 0 Å². The zero-order chi connectivity index (χ0) is 23.1. The molecule has 0 amide bonds. The maximum absolute atomic E-state index is 12.8. The van der Waals surface area contributed by atoms with Crippen LogP contribution in [0.2, 0.25) is 0 Å². The van der Waals surface area contributed by atoms with Crippen LogP contribution in [-0.4, -0.2) is 89.2 Å². The molecule has 1 aliphatic rings. The minimum Gasteiger partial charge on any atom is -0.748 e. The molecule has 0 aromatic rings. The fourth-order valence-corrected chi connectivity index (χ4v) is 7.91. The molecule has 1 fully saturated rings. The minimum absolute atomic E-state index is 0.0144. The molecule has 0 spiro atoms. The third kappa shape index (κ3) is 10.1. The largest absolute Gasteiger partial charge is 0.748 e. The molecule has 0 N–H and O–H groups in total. The van der Waals surface area contributed by atoms with Gasteiger partial charge in [-0.2, -0.15) is 0 Å². The summed E-state index contributed by atoms with van der Waals surface area (Å²) in [7, 11) is -10.6. The molecule has 1 rings (SSSR count). The van der Waals surface area contributed by atoms with Crippen molar-refractivity contribution < 1.29 is 39.5 Å². The van der Waals surface area contributed by atoms with Gasteiger partial charge in [-0.1, -0.05) is 6.92 Å². The first-order valence-electron chi connectivity index (χ1n) is 10.6. The number of likely N-dealkylation sites (tertiary alicyclic amines) is 1. The fraction of sp³-hybridized carbons (Fsp3) is 1.00. The van der Waals surface area contributed by atoms with Gasteiger partial charge in [0, 0.05) is 36.7 Å². The Bertz CT molecular complexity index is 776. The van der Waals surface area contributed by atoms with Crippen molar-refractivity contribution in [2.45, 2.75) is 40.0 Å². The van der Waals surface area contributed by atoms with Gasteiger partial charge in [0.05, 0.1) is 61.4 Å². The molecule has 0 radical (unpaired) electrons. The van der Waals surface area contributed by atoms with E-state index in [1.54, 1.807) is 13.8 Å². The highest BCUT2D eigenvalue weighted by atomic mass is 32.2. The maximum Gasteiger partial charge on any atom is 0.330 e. The summed E-state index contributed by atoms with van der Waals surface area (Å²) in [6, 6.07) is 0. The quantitative estimate of drug-likeness (QED) is 0.194. The van der Waals surface area contributed by atoms with Crippen molar-refractivity contribution in [1.29, 1.82) is 0 Å². The topological polar surface area (TPSA) is 127 Å². The second kappa shape index (κ2) is 11.7. The van der Waals surface area contributed by atoms with Crippen molar-refractivity contribution in [1.82, 2.24) is 0 Å². The van der Waals surface area contributed by atoms with E-state index in [1.807, 2.05) is 6.92 Å². The maximum atomic E-state index is 12.8. The molecule has 12 heteroatoms. The number of hydrogen-bond acceptors (Lipinski definition) is 8. The van der Waals surface area contributed by atoms with Crippen LogP contribution >= 0.6 is 7.60 Å². The van der Waals surface area contributed by atoms with Crippen LogP contribution in [0.5, 0.6) is 0 Å². The van der Waals surface area contributed by atoms with E-state index in [9.17, 15) is 26.0 Å². The minimum atomic E-state index is -4.30. The molecule has 0 bridgehead atoms. The average Bonchev–Trinajstić information content (AvgIpc) is 2.89. The molecule has 9 nitrogen and oxygen atoms in total. The van der Waals surface area contributed by atoms with Crippen LogP contribution in [0, 0.1) is 11.8 Å². The number of quaternary nitrogens is 1. The van der Waals surface area contributed by atoms with Crippen molar-refractivity contribution in [2.24, 2.45) is 11.8 Å². The van der Waals surface area contributed by atoms with Crippen molar-refractivity contribution in [2.75, 3.05) is 63.3 Å². The standard InChI is InChI=1S/C18H38NO8PS2/c1-5-17-14-19(11-9-13-30(23,24)25,15-18(17)16-29(4,21)22)10-8-12-28(20,26-6-2)27-7-3/h17-18H,5-16H2,1-4H3. The summed E-state index contributed by atoms with van der Waals surface area (Å²) in [5.41, 5.74) is 0. The van der Waals surface area contributed by atoms with Crippen LogP contribution in [0.25, 0.3) is 0 Å². The van der Waals surface area contributed by atoms with E-state index in [1.165, 1.54) is 6.26 Å². The van der Waals surface area contributed by atoms with Gasteiger partial charge >= 0.3 is 7.60 Å². The van der Waals surface area contributed by atoms with Crippen molar-refractivity contribution in [3.8, 4) is 0 Å². The third-order valence-corrected chi connectivity index (χ3v) is 9.68. The first kappa shape index (κ1) is 28.0. The number of rotatable bonds is 15. The highest BCUT2D eigenvalue weighted by Crippen LogP contribution is 2.48. The average molecular weight is 492 g/mol. The highest BCUT2D eigenvalue weighted by molar-refractivity contribution is 7.90. The Hall–Kier alpha value is -0.0300. The molecule has 0 aromatic heterocycles. The number of sulfone groups is 1. The highest BCUT2D eigenvalue weighted by Gasteiger charge is 2.45. The van der Waals surface area contributed by atoms with Gasteiger partial charge in [-0.25, -0.2) is 16.8 Å². The van der Waals surface area contributed by atoms with Crippen LogP contribution in [-0.2, 0) is 33.6 Å². The zero-order valence-corrected chi connectivity index (χ0v) is 21.1. The van der Waals surface area contributed by atoms with E-state index >= 15 is 0 Å². The lowest BCUT2D eigenvalue weighted by Crippen LogP contribution is -2.48. The van der Waals surface area contributed by atoms with E-state index < -0.39 is 33.3 Å². The number of hydrogen-bond donors (Lipinski definition) is 0. The second-order valence-electron chi connectivity index (χ2n) is 8.31. The molecular weight excluding hydrogens is 453 g/mol. The van der Waals surface area contributed by atoms with E-state index in [2.05, 4.69) is 0 Å². The molecule has 1 saturated heterocycles. The van der Waals surface area contributed by atoms with Gasteiger partial charge in [-0.05, 0) is 20.3 Å². The van der Waals surface area contributed by atoms with Crippen LogP contribution < -0.4 is 0 Å². The molecule has 3 unspecified atom stereocenters. The summed E-state index contributed by atoms with van der Waals surface area (Å²) in [6.45, 7) is 8.53. The summed E-state index contributed by atoms with van der Waals surface area (Å²) >= 11 is 0. The Labute approximate surface area is 182 Å². The fourth-order valence-electron chi connectivity index (χ4n) is 4.62. The molecule has 30 heavy (non-hydrogen) atoms. The van der Waals surface area contributed by atoms with Crippen LogP contribution in [0.4, 0.5) is 0 Å². The summed E-state index contributed by atoms with van der Waals surface area (Å²) in [5, 5.41) is 0. The van der Waals surface area contributed by atoms with Gasteiger partial charge < -0.3 is 18.1 Å². The molecule has 1 heterocycles. The van der Waals surface area contributed by atoms with E-state index in [-0.39, 0.29) is 43.4 Å². The van der Waals surface area contributed by atoms with Gasteiger partial charge in [0.25, 0.3) is 0 Å². The predicted octanol–water partition coefficient (Wildman–Crippen LogP) is 2.10. The van der Waals surface area contributed by atoms with Crippen molar-refractivity contribution >= 4 is 27.6 Å². The van der Waals surface area contributed by atoms with Gasteiger partial charge in [0.15, 0.2) is 0 Å². The molecule has 0 aromatic carbocycles. The van der Waals surface area contributed by atoms with Crippen LogP contribution in [0.3, 0.4) is 0 Å². The Kier molecular flexibility index (Phi) is 10.9. The van der Waals surface area contributed by atoms with Crippen molar-refractivity contribution in [3.63, 3.8) is 0 Å². The first-order chi connectivity index (χ1) is 13.8. The molecule has 1 aliphatic heterocycles. The molecule has 180 valence electrons. The molecule has 0 saturated carbocycles. The SMILES string of the molecule is CCOP(=O)(CCC[N+]1(CCCS(=O)(=O)[O-])CC(CC)C(CS(C)(=O)=O)C1)OCC. The van der Waals surface area contributed by atoms with Gasteiger partial charge in [-0.3, -0.25) is 4.57 Å². The lowest BCUT2D eigenvalue weighted by atomic mass is 9.96. The number of nitrogens with zero attached hydrogens (tertiary/aromatic N) is 1. The van der Waals surface area contributed by atoms with E-state index in [0.29, 0.717) is 30.5 Å². The second-order valence-corrected chi connectivity index (χ2v) is 14.2. The Morgan fingerprint density at radius 3 is 1.97 bits per heavy atom. The lowest BCUT2D eigenvalue weighted by molar-refractivity contribution is -0.919. The molecule has 0 aliphatic carbocycles. The summed E-state index contributed by atoms with van der Waals surface area (Å²) < 4.78 is 81.0. The van der Waals surface area contributed by atoms with Gasteiger partial charge in [0.1, 0.15) is 9.84 Å². The molecular formula is C18H38NO8PS2. The van der Waals surface area contributed by atoms with Crippen molar-refractivity contribution in [3.05, 3.63) is 0 Å². The smallest absolute Gasteiger partial charge is 0.330 e. The summed E-state index contributed by atoms with van der Waals surface area (Å²) in [6.07, 6.45) is 3.08. The Morgan fingerprint density at radius 1 is 0.967 bits per heavy atom.